The minimum absolute atomic E-state index is 0.0480. The quantitative estimate of drug-likeness (QED) is 0.457. The van der Waals surface area contributed by atoms with Crippen LogP contribution in [0.1, 0.15) is 99.3 Å². The Labute approximate surface area is 186 Å². The van der Waals surface area contributed by atoms with Crippen LogP contribution in [0.2, 0.25) is 0 Å². The molecule has 0 unspecified atom stereocenters. The highest BCUT2D eigenvalue weighted by atomic mass is 16.3. The maximum absolute atomic E-state index is 10.3. The number of allylic oxidation sites excluding steroid dienone is 4. The number of aliphatic hydroxyl groups is 1. The second-order valence-corrected chi connectivity index (χ2v) is 12.5. The third-order valence-electron chi connectivity index (χ3n) is 10.7. The molecule has 3 fully saturated rings. The van der Waals surface area contributed by atoms with Gasteiger partial charge in [0.1, 0.15) is 0 Å². The van der Waals surface area contributed by atoms with Crippen LogP contribution >= 0.6 is 0 Å². The molecule has 30 heavy (non-hydrogen) atoms. The van der Waals surface area contributed by atoms with Crippen molar-refractivity contribution in [1.82, 2.24) is 0 Å². The van der Waals surface area contributed by atoms with Gasteiger partial charge in [-0.1, -0.05) is 65.3 Å². The molecule has 170 valence electrons. The zero-order valence-corrected chi connectivity index (χ0v) is 20.7. The largest absolute Gasteiger partial charge is 0.393 e. The fourth-order valence-corrected chi connectivity index (χ4v) is 8.68. The minimum atomic E-state index is -0.0480. The molecule has 0 amide bonds. The van der Waals surface area contributed by atoms with Gasteiger partial charge < -0.3 is 5.11 Å². The van der Waals surface area contributed by atoms with Gasteiger partial charge in [0.2, 0.25) is 0 Å². The van der Waals surface area contributed by atoms with Crippen LogP contribution in [0.15, 0.2) is 23.8 Å². The number of hydrogen-bond acceptors (Lipinski definition) is 1. The van der Waals surface area contributed by atoms with E-state index < -0.39 is 0 Å². The molecule has 9 atom stereocenters. The number of rotatable bonds is 5. The van der Waals surface area contributed by atoms with E-state index in [-0.39, 0.29) is 6.10 Å². The Kier molecular flexibility index (Phi) is 6.35. The summed E-state index contributed by atoms with van der Waals surface area (Å²) in [6.45, 7) is 14.8. The van der Waals surface area contributed by atoms with Crippen molar-refractivity contribution in [2.45, 2.75) is 105 Å². The van der Waals surface area contributed by atoms with Gasteiger partial charge in [-0.15, -0.1) is 0 Å². The summed E-state index contributed by atoms with van der Waals surface area (Å²) < 4.78 is 0. The van der Waals surface area contributed by atoms with Gasteiger partial charge in [-0.3, -0.25) is 0 Å². The minimum Gasteiger partial charge on any atom is -0.393 e. The summed E-state index contributed by atoms with van der Waals surface area (Å²) in [5.41, 5.74) is 2.79. The van der Waals surface area contributed by atoms with Crippen molar-refractivity contribution in [2.24, 2.45) is 52.3 Å². The van der Waals surface area contributed by atoms with Crippen molar-refractivity contribution in [1.29, 1.82) is 0 Å². The zero-order chi connectivity index (χ0) is 21.7. The molecule has 0 radical (unpaired) electrons. The van der Waals surface area contributed by atoms with Crippen molar-refractivity contribution >= 4 is 0 Å². The first kappa shape index (κ1) is 22.6. The molecule has 0 aliphatic heterocycles. The van der Waals surface area contributed by atoms with Crippen LogP contribution in [0.5, 0.6) is 0 Å². The Morgan fingerprint density at radius 3 is 2.40 bits per heavy atom. The molecule has 1 nitrogen and oxygen atoms in total. The molecule has 4 aliphatic rings. The van der Waals surface area contributed by atoms with Crippen LogP contribution in [-0.4, -0.2) is 11.2 Å². The Bertz CT molecular complexity index is 674. The Balaban J connectivity index is 1.53. The summed E-state index contributed by atoms with van der Waals surface area (Å²) >= 11 is 0. The van der Waals surface area contributed by atoms with E-state index in [0.717, 1.165) is 42.4 Å². The summed E-state index contributed by atoms with van der Waals surface area (Å²) in [7, 11) is 0. The monoisotopic (exact) mass is 412 g/mol. The van der Waals surface area contributed by atoms with Crippen LogP contribution in [0.4, 0.5) is 0 Å². The lowest BCUT2D eigenvalue weighted by Crippen LogP contribution is -2.49. The zero-order valence-electron chi connectivity index (χ0n) is 20.7. The molecule has 0 saturated heterocycles. The summed E-state index contributed by atoms with van der Waals surface area (Å²) in [6.07, 6.45) is 19.2. The Morgan fingerprint density at radius 2 is 1.70 bits per heavy atom. The predicted octanol–water partition coefficient (Wildman–Crippen LogP) is 7.80. The fourth-order valence-electron chi connectivity index (χ4n) is 8.68. The van der Waals surface area contributed by atoms with Crippen LogP contribution in [-0.2, 0) is 0 Å². The maximum atomic E-state index is 10.3. The van der Waals surface area contributed by atoms with Gasteiger partial charge in [0.05, 0.1) is 6.10 Å². The lowest BCUT2D eigenvalue weighted by atomic mass is 9.47. The number of fused-ring (bicyclic) bond motifs is 5. The molecule has 0 aromatic carbocycles. The van der Waals surface area contributed by atoms with E-state index in [1.165, 1.54) is 44.9 Å². The second kappa shape index (κ2) is 8.42. The molecule has 0 spiro atoms. The highest BCUT2D eigenvalue weighted by molar-refractivity contribution is 5.28. The third-order valence-corrected chi connectivity index (χ3v) is 10.7. The second-order valence-electron chi connectivity index (χ2n) is 12.5. The van der Waals surface area contributed by atoms with E-state index in [2.05, 4.69) is 59.8 Å². The van der Waals surface area contributed by atoms with Crippen molar-refractivity contribution in [3.05, 3.63) is 23.8 Å². The van der Waals surface area contributed by atoms with E-state index in [0.29, 0.717) is 22.7 Å². The normalized spacial score (nSPS) is 45.6. The smallest absolute Gasteiger partial charge is 0.0543 e. The molecule has 0 aromatic heterocycles. The summed E-state index contributed by atoms with van der Waals surface area (Å²) in [5, 5.41) is 10.3. The van der Waals surface area contributed by atoms with Gasteiger partial charge in [-0.25, -0.2) is 0 Å². The molecule has 1 N–H and O–H groups in total. The van der Waals surface area contributed by atoms with E-state index in [1.54, 1.807) is 0 Å². The van der Waals surface area contributed by atoms with E-state index in [4.69, 9.17) is 0 Å². The first-order valence-corrected chi connectivity index (χ1v) is 13.3. The summed E-state index contributed by atoms with van der Waals surface area (Å²) in [6, 6.07) is 0. The molecule has 0 aromatic rings. The lowest BCUT2D eigenvalue weighted by Gasteiger charge is -2.57. The Hall–Kier alpha value is -0.560. The van der Waals surface area contributed by atoms with Crippen molar-refractivity contribution in [2.75, 3.05) is 0 Å². The van der Waals surface area contributed by atoms with Crippen LogP contribution < -0.4 is 0 Å². The molecule has 0 bridgehead atoms. The van der Waals surface area contributed by atoms with Crippen molar-refractivity contribution in [3.8, 4) is 0 Å². The highest BCUT2D eigenvalue weighted by Crippen LogP contribution is 2.66. The first-order chi connectivity index (χ1) is 14.2. The van der Waals surface area contributed by atoms with Crippen molar-refractivity contribution < 1.29 is 5.11 Å². The van der Waals surface area contributed by atoms with E-state index in [9.17, 15) is 5.11 Å². The molecular formula is C29H48O. The van der Waals surface area contributed by atoms with Gasteiger partial charge in [-0.05, 0) is 110 Å². The van der Waals surface area contributed by atoms with Gasteiger partial charge in [0, 0.05) is 0 Å². The number of aliphatic hydroxyl groups excluding tert-OH is 1. The van der Waals surface area contributed by atoms with Crippen LogP contribution in [0, 0.1) is 52.3 Å². The van der Waals surface area contributed by atoms with E-state index >= 15 is 0 Å². The molecule has 1 heteroatoms. The fraction of sp³-hybridized carbons (Fsp3) is 0.862. The average Bonchev–Trinajstić information content (AvgIpc) is 3.06. The van der Waals surface area contributed by atoms with Crippen molar-refractivity contribution in [3.63, 3.8) is 0 Å². The van der Waals surface area contributed by atoms with Gasteiger partial charge in [0.15, 0.2) is 0 Å². The molecule has 4 rings (SSSR count). The topological polar surface area (TPSA) is 20.2 Å². The summed E-state index contributed by atoms with van der Waals surface area (Å²) in [4.78, 5) is 0. The molecule has 0 heterocycles. The van der Waals surface area contributed by atoms with Crippen LogP contribution in [0.3, 0.4) is 0 Å². The van der Waals surface area contributed by atoms with Gasteiger partial charge in [0.25, 0.3) is 0 Å². The van der Waals surface area contributed by atoms with Gasteiger partial charge in [-0.2, -0.15) is 0 Å². The first-order valence-electron chi connectivity index (χ1n) is 13.3. The molecule has 4 aliphatic carbocycles. The lowest BCUT2D eigenvalue weighted by molar-refractivity contribution is -0.0414. The summed E-state index contributed by atoms with van der Waals surface area (Å²) in [5.74, 6) is 5.32. The van der Waals surface area contributed by atoms with Gasteiger partial charge >= 0.3 is 0 Å². The average molecular weight is 413 g/mol. The predicted molar refractivity (Wildman–Crippen MR) is 128 cm³/mol. The van der Waals surface area contributed by atoms with E-state index in [1.807, 2.05) is 5.57 Å². The standard InChI is InChI=1S/C29H48O/c1-7-21(19(2)3)9-8-20(4)25-12-13-26-24-11-10-22-18-23(30)14-16-28(22,5)27(24)15-17-29(25,26)6/h8-9,11,19-23,25-27,30H,7,10,12-18H2,1-6H3/b9-8+/t20-,21+,22+,23-,25-,26+,27+,28-,29+/m1/s1. The number of hydrogen-bond donors (Lipinski definition) is 1. The Morgan fingerprint density at radius 1 is 1.00 bits per heavy atom. The molecular weight excluding hydrogens is 364 g/mol. The maximum Gasteiger partial charge on any atom is 0.0543 e. The van der Waals surface area contributed by atoms with Crippen LogP contribution in [0.25, 0.3) is 0 Å². The SMILES string of the molecule is CC[C@@H](/C=C/[C@@H](C)[C@H]1CC[C@H]2C3=CC[C@H]4C[C@H](O)CC[C@@]4(C)[C@H]3CC[C@@]12C)C(C)C. The molecule has 3 saturated carbocycles. The third kappa shape index (κ3) is 3.66. The highest BCUT2D eigenvalue weighted by Gasteiger charge is 2.57.